The van der Waals surface area contributed by atoms with E-state index in [1.165, 1.54) is 6.07 Å². The fourth-order valence-electron chi connectivity index (χ4n) is 2.59. The molecule has 0 aliphatic carbocycles. The quantitative estimate of drug-likeness (QED) is 0.512. The maximum Gasteiger partial charge on any atom is 0.240 e. The van der Waals surface area contributed by atoms with Gasteiger partial charge in [-0.2, -0.15) is 0 Å². The Bertz CT molecular complexity index is 1120. The molecule has 2 aromatic carbocycles. The van der Waals surface area contributed by atoms with E-state index in [-0.39, 0.29) is 23.8 Å². The lowest BCUT2D eigenvalue weighted by Crippen LogP contribution is -2.33. The van der Waals surface area contributed by atoms with Gasteiger partial charge in [-0.15, -0.1) is 0 Å². The van der Waals surface area contributed by atoms with E-state index < -0.39 is 10.0 Å². The molecule has 0 aliphatic heterocycles. The van der Waals surface area contributed by atoms with Gasteiger partial charge in [0.25, 0.3) is 0 Å². The van der Waals surface area contributed by atoms with Gasteiger partial charge < -0.3 is 0 Å². The zero-order valence-corrected chi connectivity index (χ0v) is 16.6. The van der Waals surface area contributed by atoms with Gasteiger partial charge in [0, 0.05) is 29.6 Å². The smallest absolute Gasteiger partial charge is 0.240 e. The molecule has 0 atom stereocenters. The number of halogens is 1. The summed E-state index contributed by atoms with van der Waals surface area (Å²) in [5.74, 6) is -0.356. The third kappa shape index (κ3) is 4.98. The minimum atomic E-state index is -3.65. The SMILES string of the molecule is Cc1cccc(S(=O)(=O)NCCC(=O)NNc2ccnc3cc(Cl)ccc23)c1. The molecule has 1 aromatic heterocycles. The number of carbonyl (C=O) groups excluding carboxylic acids is 1. The predicted molar refractivity (Wildman–Crippen MR) is 110 cm³/mol. The largest absolute Gasteiger partial charge is 0.298 e. The van der Waals surface area contributed by atoms with Crippen molar-refractivity contribution in [2.24, 2.45) is 0 Å². The summed E-state index contributed by atoms with van der Waals surface area (Å²) in [6, 6.07) is 13.6. The van der Waals surface area contributed by atoms with Crippen LogP contribution in [0.1, 0.15) is 12.0 Å². The molecule has 0 fully saturated rings. The molecule has 9 heteroatoms. The molecule has 0 aliphatic rings. The molecule has 146 valence electrons. The molecule has 0 unspecified atom stereocenters. The molecule has 3 N–H and O–H groups in total. The second-order valence-corrected chi connectivity index (χ2v) is 8.36. The maximum atomic E-state index is 12.2. The van der Waals surface area contributed by atoms with Crippen molar-refractivity contribution >= 4 is 44.1 Å². The second kappa shape index (κ2) is 8.55. The summed E-state index contributed by atoms with van der Waals surface area (Å²) >= 11 is 5.96. The summed E-state index contributed by atoms with van der Waals surface area (Å²) in [5, 5.41) is 1.37. The van der Waals surface area contributed by atoms with Gasteiger partial charge in [-0.3, -0.25) is 20.6 Å². The Hall–Kier alpha value is -2.68. The summed E-state index contributed by atoms with van der Waals surface area (Å²) in [6.45, 7) is 1.80. The number of hydrogen-bond acceptors (Lipinski definition) is 5. The van der Waals surface area contributed by atoms with E-state index in [1.807, 2.05) is 13.0 Å². The second-order valence-electron chi connectivity index (χ2n) is 6.16. The van der Waals surface area contributed by atoms with E-state index in [0.717, 1.165) is 10.9 Å². The van der Waals surface area contributed by atoms with Crippen LogP contribution in [-0.2, 0) is 14.8 Å². The van der Waals surface area contributed by atoms with Gasteiger partial charge in [0.15, 0.2) is 0 Å². The van der Waals surface area contributed by atoms with Crippen LogP contribution in [0.25, 0.3) is 10.9 Å². The minimum absolute atomic E-state index is 0.0174. The van der Waals surface area contributed by atoms with Crippen molar-refractivity contribution in [1.82, 2.24) is 15.1 Å². The Kier molecular flexibility index (Phi) is 6.13. The number of nitrogens with zero attached hydrogens (tertiary/aromatic N) is 1. The molecule has 0 bridgehead atoms. The van der Waals surface area contributed by atoms with Crippen molar-refractivity contribution in [2.45, 2.75) is 18.2 Å². The monoisotopic (exact) mass is 418 g/mol. The molecule has 0 saturated carbocycles. The molecule has 3 aromatic rings. The van der Waals surface area contributed by atoms with Crippen LogP contribution in [-0.4, -0.2) is 25.9 Å². The number of aryl methyl sites for hydroxylation is 1. The Labute approximate surface area is 168 Å². The number of hydrogen-bond donors (Lipinski definition) is 3. The molecule has 0 saturated heterocycles. The fourth-order valence-corrected chi connectivity index (χ4v) is 3.90. The lowest BCUT2D eigenvalue weighted by molar-refractivity contribution is -0.120. The normalized spacial score (nSPS) is 11.4. The summed E-state index contributed by atoms with van der Waals surface area (Å²) in [7, 11) is -3.65. The topological polar surface area (TPSA) is 100 Å². The molecule has 7 nitrogen and oxygen atoms in total. The molecular weight excluding hydrogens is 400 g/mol. The van der Waals surface area contributed by atoms with Gasteiger partial charge in [-0.1, -0.05) is 23.7 Å². The molecule has 1 amide bonds. The lowest BCUT2D eigenvalue weighted by Gasteiger charge is -2.11. The van der Waals surface area contributed by atoms with Crippen LogP contribution in [0.4, 0.5) is 5.69 Å². The molecule has 3 rings (SSSR count). The minimum Gasteiger partial charge on any atom is -0.298 e. The van der Waals surface area contributed by atoms with E-state index >= 15 is 0 Å². The number of nitrogens with one attached hydrogen (secondary N) is 3. The molecule has 0 radical (unpaired) electrons. The van der Waals surface area contributed by atoms with Crippen LogP contribution in [0.3, 0.4) is 0 Å². The number of benzene rings is 2. The van der Waals surface area contributed by atoms with Crippen molar-refractivity contribution in [3.63, 3.8) is 0 Å². The highest BCUT2D eigenvalue weighted by atomic mass is 35.5. The van der Waals surface area contributed by atoms with E-state index in [9.17, 15) is 13.2 Å². The van der Waals surface area contributed by atoms with Crippen molar-refractivity contribution in [3.05, 3.63) is 65.3 Å². The highest BCUT2D eigenvalue weighted by Crippen LogP contribution is 2.23. The van der Waals surface area contributed by atoms with Gasteiger partial charge >= 0.3 is 0 Å². The molecule has 0 spiro atoms. The predicted octanol–water partition coefficient (Wildman–Crippen LogP) is 3.01. The fraction of sp³-hybridized carbons (Fsp3) is 0.158. The molecule has 1 heterocycles. The number of hydrazine groups is 1. The zero-order chi connectivity index (χ0) is 20.1. The number of anilines is 1. The summed E-state index contributed by atoms with van der Waals surface area (Å²) in [5.41, 5.74) is 7.59. The molecular formula is C19H19ClN4O3S. The number of carbonyl (C=O) groups is 1. The number of fused-ring (bicyclic) bond motifs is 1. The van der Waals surface area contributed by atoms with Crippen LogP contribution in [0.2, 0.25) is 5.02 Å². The Balaban J connectivity index is 1.54. The van der Waals surface area contributed by atoms with Crippen LogP contribution < -0.4 is 15.6 Å². The van der Waals surface area contributed by atoms with Crippen molar-refractivity contribution in [2.75, 3.05) is 12.0 Å². The van der Waals surface area contributed by atoms with E-state index in [2.05, 4.69) is 20.6 Å². The van der Waals surface area contributed by atoms with Gasteiger partial charge in [-0.05, 0) is 48.9 Å². The first-order valence-corrected chi connectivity index (χ1v) is 10.4. The maximum absolute atomic E-state index is 12.2. The van der Waals surface area contributed by atoms with Crippen molar-refractivity contribution < 1.29 is 13.2 Å². The summed E-state index contributed by atoms with van der Waals surface area (Å²) < 4.78 is 26.9. The third-order valence-corrected chi connectivity index (χ3v) is 5.68. The van der Waals surface area contributed by atoms with Gasteiger partial charge in [0.1, 0.15) is 0 Å². The summed E-state index contributed by atoms with van der Waals surface area (Å²) in [4.78, 5) is 16.4. The standard InChI is InChI=1S/C19H19ClN4O3S/c1-13-3-2-4-15(11-13)28(26,27)22-10-8-19(25)24-23-17-7-9-21-18-12-14(20)5-6-16(17)18/h2-7,9,11-12,22H,8,10H2,1H3,(H,21,23)(H,24,25). The Morgan fingerprint density at radius 3 is 2.75 bits per heavy atom. The Morgan fingerprint density at radius 1 is 1.14 bits per heavy atom. The number of pyridine rings is 1. The van der Waals surface area contributed by atoms with Gasteiger partial charge in [0.2, 0.25) is 15.9 Å². The first kappa shape index (κ1) is 20.1. The average molecular weight is 419 g/mol. The van der Waals surface area contributed by atoms with Crippen molar-refractivity contribution in [1.29, 1.82) is 0 Å². The zero-order valence-electron chi connectivity index (χ0n) is 15.1. The first-order chi connectivity index (χ1) is 13.3. The first-order valence-electron chi connectivity index (χ1n) is 8.51. The van der Waals surface area contributed by atoms with Gasteiger partial charge in [0.05, 0.1) is 16.1 Å². The number of sulfonamides is 1. The average Bonchev–Trinajstić information content (AvgIpc) is 2.66. The Morgan fingerprint density at radius 2 is 1.96 bits per heavy atom. The third-order valence-electron chi connectivity index (χ3n) is 3.99. The number of amides is 1. The van der Waals surface area contributed by atoms with Crippen LogP contribution in [0, 0.1) is 6.92 Å². The lowest BCUT2D eigenvalue weighted by atomic mass is 10.2. The van der Waals surface area contributed by atoms with E-state index in [1.54, 1.807) is 42.6 Å². The van der Waals surface area contributed by atoms with E-state index in [0.29, 0.717) is 16.2 Å². The van der Waals surface area contributed by atoms with Crippen LogP contribution in [0.15, 0.2) is 59.6 Å². The van der Waals surface area contributed by atoms with E-state index in [4.69, 9.17) is 11.6 Å². The number of rotatable bonds is 7. The number of aromatic nitrogens is 1. The molecule has 28 heavy (non-hydrogen) atoms. The van der Waals surface area contributed by atoms with Crippen molar-refractivity contribution in [3.8, 4) is 0 Å². The van der Waals surface area contributed by atoms with Crippen LogP contribution in [0.5, 0.6) is 0 Å². The highest BCUT2D eigenvalue weighted by molar-refractivity contribution is 7.89. The van der Waals surface area contributed by atoms with Gasteiger partial charge in [-0.25, -0.2) is 13.1 Å². The highest BCUT2D eigenvalue weighted by Gasteiger charge is 2.14. The summed E-state index contributed by atoms with van der Waals surface area (Å²) in [6.07, 6.45) is 1.58. The van der Waals surface area contributed by atoms with Crippen LogP contribution >= 0.6 is 11.6 Å².